The predicted molar refractivity (Wildman–Crippen MR) is 217 cm³/mol. The maximum atomic E-state index is 17.3. The van der Waals surface area contributed by atoms with Crippen molar-refractivity contribution in [2.45, 2.75) is 82.9 Å². The van der Waals surface area contributed by atoms with E-state index in [2.05, 4.69) is 9.88 Å². The molecule has 2 aliphatic heterocycles. The van der Waals surface area contributed by atoms with Crippen LogP contribution in [0.4, 0.5) is 14.6 Å². The minimum absolute atomic E-state index is 0.00246. The van der Waals surface area contributed by atoms with Gasteiger partial charge in [-0.25, -0.2) is 8.78 Å². The maximum absolute atomic E-state index is 17.3. The number of hydrogen-bond donors (Lipinski definition) is 2. The van der Waals surface area contributed by atoms with Gasteiger partial charge in [-0.3, -0.25) is 19.7 Å². The molecule has 2 aliphatic carbocycles. The fourth-order valence-corrected chi connectivity index (χ4v) is 9.71. The van der Waals surface area contributed by atoms with Crippen LogP contribution in [0.15, 0.2) is 47.2 Å². The number of rotatable bonds is 10. The Morgan fingerprint density at radius 3 is 2.70 bits per heavy atom. The Morgan fingerprint density at radius 2 is 1.93 bits per heavy atom. The number of carbonyl (C=O) groups excluding carboxylic acids is 1. The number of aromatic hydroxyl groups is 1. The molecule has 4 aromatic rings. The van der Waals surface area contributed by atoms with Gasteiger partial charge in [-0.15, -0.1) is 0 Å². The number of piperidine rings is 1. The third-order valence-electron chi connectivity index (χ3n) is 12.6. The number of anilines is 1. The highest BCUT2D eigenvalue weighted by molar-refractivity contribution is 6.06. The number of aryl methyl sites for hydroxylation is 1. The number of methoxy groups -OCH3 is 1. The molecule has 1 amide bonds. The van der Waals surface area contributed by atoms with E-state index in [1.54, 1.807) is 33.3 Å². The van der Waals surface area contributed by atoms with Crippen molar-refractivity contribution in [1.29, 1.82) is 0 Å². The molecule has 2 atom stereocenters. The number of amides is 1. The predicted octanol–water partition coefficient (Wildman–Crippen LogP) is 6.16. The number of ether oxygens (including phenoxy) is 2. The molecule has 4 aliphatic rings. The van der Waals surface area contributed by atoms with Gasteiger partial charge < -0.3 is 30.1 Å². The van der Waals surface area contributed by atoms with Gasteiger partial charge in [-0.1, -0.05) is 19.4 Å². The average molecular weight is 783 g/mol. The van der Waals surface area contributed by atoms with E-state index in [-0.39, 0.29) is 52.1 Å². The summed E-state index contributed by atoms with van der Waals surface area (Å²) in [5.41, 5.74) is 7.35. The summed E-state index contributed by atoms with van der Waals surface area (Å²) < 4.78 is 44.8. The number of pyridine rings is 1. The monoisotopic (exact) mass is 782 g/mol. The van der Waals surface area contributed by atoms with Crippen molar-refractivity contribution in [1.82, 2.24) is 24.8 Å². The maximum Gasteiger partial charge on any atom is 0.319 e. The summed E-state index contributed by atoms with van der Waals surface area (Å²) in [4.78, 5) is 37.8. The van der Waals surface area contributed by atoms with Crippen LogP contribution in [0.5, 0.6) is 11.8 Å². The zero-order chi connectivity index (χ0) is 40.0. The lowest BCUT2D eigenvalue weighted by Gasteiger charge is -2.53. The Balaban J connectivity index is 1.21. The van der Waals surface area contributed by atoms with Gasteiger partial charge in [0.2, 0.25) is 0 Å². The first-order chi connectivity index (χ1) is 27.5. The van der Waals surface area contributed by atoms with Crippen molar-refractivity contribution in [2.24, 2.45) is 16.1 Å². The topological polar surface area (TPSA) is 143 Å². The minimum atomic E-state index is -0.734. The lowest BCUT2D eigenvalue weighted by Crippen LogP contribution is -2.59. The van der Waals surface area contributed by atoms with E-state index in [4.69, 9.17) is 30.2 Å². The third-order valence-corrected chi connectivity index (χ3v) is 12.6. The summed E-state index contributed by atoms with van der Waals surface area (Å²) in [5, 5.41) is 12.2. The molecule has 8 rings (SSSR count). The first kappa shape index (κ1) is 38.9. The number of aromatic nitrogens is 3. The number of halogens is 2. The quantitative estimate of drug-likeness (QED) is 0.180. The fraction of sp³-hybridized carbons (Fsp3) is 0.512. The van der Waals surface area contributed by atoms with Crippen molar-refractivity contribution in [3.8, 4) is 23.0 Å². The largest absolute Gasteiger partial charge is 0.508 e. The fourth-order valence-electron chi connectivity index (χ4n) is 9.71. The lowest BCUT2D eigenvalue weighted by molar-refractivity contribution is -0.124. The highest BCUT2D eigenvalue weighted by Crippen LogP contribution is 2.50. The zero-order valence-corrected chi connectivity index (χ0v) is 33.2. The van der Waals surface area contributed by atoms with Crippen LogP contribution in [-0.2, 0) is 16.0 Å². The first-order valence-electron chi connectivity index (χ1n) is 20.2. The molecule has 0 bridgehead atoms. The van der Waals surface area contributed by atoms with Crippen molar-refractivity contribution >= 4 is 39.1 Å². The molecule has 2 aromatic heterocycles. The molecule has 14 heteroatoms. The highest BCUT2D eigenvalue weighted by Gasteiger charge is 2.51. The van der Waals surface area contributed by atoms with Crippen molar-refractivity contribution < 1.29 is 28.2 Å². The molecule has 2 unspecified atom stereocenters. The van der Waals surface area contributed by atoms with Crippen LogP contribution in [0.25, 0.3) is 32.9 Å². The molecular weight excluding hydrogens is 731 g/mol. The van der Waals surface area contributed by atoms with Crippen LogP contribution in [-0.4, -0.2) is 114 Å². The van der Waals surface area contributed by atoms with E-state index < -0.39 is 11.6 Å². The molecule has 2 saturated carbocycles. The number of likely N-dealkylation sites (N-methyl/N-ethyl adjacent to an activating group) is 1. The van der Waals surface area contributed by atoms with Gasteiger partial charge in [-0.05, 0) is 98.5 Å². The molecule has 0 radical (unpaired) electrons. The Bertz CT molecular complexity index is 2260. The van der Waals surface area contributed by atoms with Crippen LogP contribution in [0.1, 0.15) is 63.9 Å². The number of fused-ring (bicyclic) bond motifs is 3. The van der Waals surface area contributed by atoms with E-state index in [9.17, 15) is 9.90 Å². The van der Waals surface area contributed by atoms with E-state index in [0.29, 0.717) is 84.0 Å². The van der Waals surface area contributed by atoms with Crippen molar-refractivity contribution in [3.63, 3.8) is 0 Å². The Kier molecular flexibility index (Phi) is 10.8. The number of nitrogens with two attached hydrogens (primary N) is 1. The highest BCUT2D eigenvalue weighted by atomic mass is 19.1. The number of carbonyl (C=O) groups is 1. The summed E-state index contributed by atoms with van der Waals surface area (Å²) in [7, 11) is 5.06. The van der Waals surface area contributed by atoms with Gasteiger partial charge in [0.05, 0.1) is 36.1 Å². The number of nitrogens with zero attached hydrogens (tertiary/aromatic N) is 7. The third kappa shape index (κ3) is 7.26. The molecule has 2 aromatic carbocycles. The second-order valence-corrected chi connectivity index (χ2v) is 16.3. The van der Waals surface area contributed by atoms with Gasteiger partial charge in [0.25, 0.3) is 5.91 Å². The molecule has 3 N–H and O–H groups in total. The molecule has 12 nitrogen and oxygen atoms in total. The van der Waals surface area contributed by atoms with Gasteiger partial charge in [0.1, 0.15) is 28.6 Å². The van der Waals surface area contributed by atoms with E-state index in [0.717, 1.165) is 51.5 Å². The summed E-state index contributed by atoms with van der Waals surface area (Å²) in [6.07, 6.45) is 11.9. The second-order valence-electron chi connectivity index (χ2n) is 16.3. The molecular formula is C43H52F2N8O4. The number of phenolic OH excluding ortho intramolecular Hbond substituents is 1. The number of benzene rings is 2. The number of phenols is 1. The van der Waals surface area contributed by atoms with Crippen LogP contribution >= 0.6 is 0 Å². The Morgan fingerprint density at radius 1 is 1.12 bits per heavy atom. The second kappa shape index (κ2) is 15.8. The number of likely N-dealkylation sites (tertiary alicyclic amines) is 1. The average Bonchev–Trinajstić information content (AvgIpc) is 3.49. The standard InChI is InChI=1S/C43H52F2N8O4/c1-5-30-33(44)11-10-25-17-28(54)21-31(36(25)30)38-37(45)39-32(22-48-38)40(52-15-8-14-47-26(23-52)18-34(46)41(55)51(2)3)50-42(49-39)57-24-43-12-6-9-35(43)53(16-7-13-43)27-19-29(20-27)56-4/h10-11,17-18,21-22,27,29,35,54H,5-9,12-16,19-20,23-24,46H2,1-4H3/b34-18-. The van der Waals surface area contributed by atoms with Crippen molar-refractivity contribution in [2.75, 3.05) is 58.9 Å². The van der Waals surface area contributed by atoms with E-state index in [1.165, 1.54) is 29.3 Å². The molecule has 4 heterocycles. The van der Waals surface area contributed by atoms with E-state index >= 15 is 8.78 Å². The zero-order valence-electron chi connectivity index (χ0n) is 33.2. The number of hydrogen-bond acceptors (Lipinski definition) is 11. The lowest BCUT2D eigenvalue weighted by atomic mass is 9.73. The van der Waals surface area contributed by atoms with Crippen LogP contribution in [0.3, 0.4) is 0 Å². The van der Waals surface area contributed by atoms with Crippen LogP contribution in [0, 0.1) is 17.0 Å². The minimum Gasteiger partial charge on any atom is -0.508 e. The molecule has 0 spiro atoms. The van der Waals surface area contributed by atoms with Crippen LogP contribution in [0.2, 0.25) is 0 Å². The summed E-state index contributed by atoms with van der Waals surface area (Å²) >= 11 is 0. The van der Waals surface area contributed by atoms with Crippen LogP contribution < -0.4 is 15.4 Å². The van der Waals surface area contributed by atoms with Gasteiger partial charge >= 0.3 is 6.01 Å². The van der Waals surface area contributed by atoms with Gasteiger partial charge in [0.15, 0.2) is 5.82 Å². The number of aliphatic imine (C=N–C) groups is 1. The molecule has 302 valence electrons. The summed E-state index contributed by atoms with van der Waals surface area (Å²) in [6, 6.07) is 6.83. The molecule has 57 heavy (non-hydrogen) atoms. The van der Waals surface area contributed by atoms with Gasteiger partial charge in [0, 0.05) is 63.6 Å². The van der Waals surface area contributed by atoms with Crippen molar-refractivity contribution in [3.05, 3.63) is 59.4 Å². The summed E-state index contributed by atoms with van der Waals surface area (Å²) in [5.74, 6) is -1.16. The molecule has 1 saturated heterocycles. The smallest absolute Gasteiger partial charge is 0.319 e. The van der Waals surface area contributed by atoms with Gasteiger partial charge in [-0.2, -0.15) is 9.97 Å². The summed E-state index contributed by atoms with van der Waals surface area (Å²) in [6.45, 7) is 4.57. The SMILES string of the molecule is CCc1c(F)ccc2cc(O)cc(-c3ncc4c(N5CCCN=C(/C=C(\N)C(=O)N(C)C)C5)nc(OCC56CCCC5N(C5CC(OC)C5)CCC6)nc4c3F)c12. The normalized spacial score (nSPS) is 24.2. The Hall–Kier alpha value is -4.95. The van der Waals surface area contributed by atoms with E-state index in [1.807, 2.05) is 11.8 Å². The Labute approximate surface area is 331 Å². The molecule has 3 fully saturated rings. The first-order valence-corrected chi connectivity index (χ1v) is 20.2.